The van der Waals surface area contributed by atoms with E-state index in [1.165, 1.54) is 0 Å². The van der Waals surface area contributed by atoms with Gasteiger partial charge in [-0.05, 0) is 62.8 Å². The summed E-state index contributed by atoms with van der Waals surface area (Å²) < 4.78 is 5.55. The molecule has 1 fully saturated rings. The smallest absolute Gasteiger partial charge is 0.410 e. The van der Waals surface area contributed by atoms with Crippen molar-refractivity contribution in [1.29, 1.82) is 0 Å². The lowest BCUT2D eigenvalue weighted by molar-refractivity contribution is 0.0225. The molecule has 0 aliphatic carbocycles. The van der Waals surface area contributed by atoms with E-state index in [2.05, 4.69) is 4.98 Å². The first-order valence-corrected chi connectivity index (χ1v) is 8.26. The van der Waals surface area contributed by atoms with E-state index in [1.54, 1.807) is 6.20 Å². The molecule has 5 heteroatoms. The molecule has 0 bridgehead atoms. The molecule has 0 saturated carbocycles. The number of ether oxygens (including phenoxy) is 1. The number of hydrogen-bond donors (Lipinski definition) is 0. The molecule has 1 aliphatic rings. The summed E-state index contributed by atoms with van der Waals surface area (Å²) in [5.74, 6) is 0. The van der Waals surface area contributed by atoms with E-state index in [9.17, 15) is 4.79 Å². The molecule has 0 spiro atoms. The quantitative estimate of drug-likeness (QED) is 0.741. The number of amides is 1. The van der Waals surface area contributed by atoms with E-state index >= 15 is 0 Å². The van der Waals surface area contributed by atoms with Gasteiger partial charge in [0.25, 0.3) is 0 Å². The molecule has 122 valence electrons. The van der Waals surface area contributed by atoms with Gasteiger partial charge < -0.3 is 9.64 Å². The van der Waals surface area contributed by atoms with Crippen LogP contribution in [-0.4, -0.2) is 28.1 Å². The third-order valence-corrected chi connectivity index (χ3v) is 4.21. The molecule has 0 radical (unpaired) electrons. The Morgan fingerprint density at radius 3 is 2.91 bits per heavy atom. The molecule has 3 rings (SSSR count). The van der Waals surface area contributed by atoms with E-state index in [0.29, 0.717) is 11.6 Å². The lowest BCUT2D eigenvalue weighted by atomic mass is 9.98. The Morgan fingerprint density at radius 1 is 1.39 bits per heavy atom. The average molecular weight is 333 g/mol. The Kier molecular flexibility index (Phi) is 4.19. The summed E-state index contributed by atoms with van der Waals surface area (Å²) in [5.41, 5.74) is 0.547. The second-order valence-corrected chi connectivity index (χ2v) is 7.36. The maximum Gasteiger partial charge on any atom is 0.410 e. The minimum Gasteiger partial charge on any atom is -0.444 e. The molecular weight excluding hydrogens is 312 g/mol. The average Bonchev–Trinajstić information content (AvgIpc) is 2.93. The van der Waals surface area contributed by atoms with Crippen molar-refractivity contribution in [2.24, 2.45) is 0 Å². The van der Waals surface area contributed by atoms with Crippen LogP contribution in [0, 0.1) is 0 Å². The van der Waals surface area contributed by atoms with Crippen LogP contribution in [-0.2, 0) is 4.74 Å². The van der Waals surface area contributed by atoms with Crippen LogP contribution < -0.4 is 0 Å². The highest BCUT2D eigenvalue weighted by atomic mass is 35.5. The molecule has 0 unspecified atom stereocenters. The normalized spacial score (nSPS) is 18.4. The Labute approximate surface area is 141 Å². The Bertz CT molecular complexity index is 739. The number of aromatic nitrogens is 1. The molecule has 2 aromatic rings. The number of fused-ring (bicyclic) bond motifs is 1. The van der Waals surface area contributed by atoms with Crippen LogP contribution >= 0.6 is 11.6 Å². The van der Waals surface area contributed by atoms with Crippen molar-refractivity contribution in [2.75, 3.05) is 6.54 Å². The molecule has 2 heterocycles. The molecule has 1 saturated heterocycles. The van der Waals surface area contributed by atoms with Crippen molar-refractivity contribution in [2.45, 2.75) is 45.3 Å². The van der Waals surface area contributed by atoms with Gasteiger partial charge in [0, 0.05) is 29.3 Å². The van der Waals surface area contributed by atoms with E-state index in [-0.39, 0.29) is 12.1 Å². The topological polar surface area (TPSA) is 42.4 Å². The number of pyridine rings is 1. The van der Waals surface area contributed by atoms with Gasteiger partial charge in [-0.2, -0.15) is 0 Å². The molecule has 1 aliphatic heterocycles. The van der Waals surface area contributed by atoms with Crippen LogP contribution in [0.15, 0.2) is 30.6 Å². The lowest BCUT2D eigenvalue weighted by Gasteiger charge is -2.29. The predicted molar refractivity (Wildman–Crippen MR) is 91.7 cm³/mol. The zero-order chi connectivity index (χ0) is 16.6. The number of benzene rings is 1. The number of nitrogens with zero attached hydrogens (tertiary/aromatic N) is 2. The van der Waals surface area contributed by atoms with Crippen molar-refractivity contribution >= 4 is 28.5 Å². The highest BCUT2D eigenvalue weighted by Crippen LogP contribution is 2.38. The van der Waals surface area contributed by atoms with Gasteiger partial charge in [-0.3, -0.25) is 4.98 Å². The number of likely N-dealkylation sites (tertiary alicyclic amines) is 1. The summed E-state index contributed by atoms with van der Waals surface area (Å²) in [5, 5.41) is 2.76. The van der Waals surface area contributed by atoms with Crippen LogP contribution in [0.4, 0.5) is 4.79 Å². The van der Waals surface area contributed by atoms with Crippen molar-refractivity contribution in [1.82, 2.24) is 9.88 Å². The molecule has 23 heavy (non-hydrogen) atoms. The van der Waals surface area contributed by atoms with Crippen LogP contribution in [0.1, 0.15) is 45.2 Å². The highest BCUT2D eigenvalue weighted by molar-refractivity contribution is 6.31. The fourth-order valence-corrected chi connectivity index (χ4v) is 3.33. The van der Waals surface area contributed by atoms with Crippen LogP contribution in [0.2, 0.25) is 5.02 Å². The Hall–Kier alpha value is -1.81. The third-order valence-electron chi connectivity index (χ3n) is 3.99. The van der Waals surface area contributed by atoms with Crippen LogP contribution in [0.25, 0.3) is 10.8 Å². The summed E-state index contributed by atoms with van der Waals surface area (Å²) in [4.78, 5) is 18.6. The number of carbonyl (C=O) groups is 1. The van der Waals surface area contributed by atoms with Gasteiger partial charge in [-0.1, -0.05) is 11.6 Å². The number of rotatable bonds is 1. The van der Waals surface area contributed by atoms with E-state index < -0.39 is 5.60 Å². The Morgan fingerprint density at radius 2 is 2.17 bits per heavy atom. The first kappa shape index (κ1) is 16.1. The summed E-state index contributed by atoms with van der Waals surface area (Å²) in [7, 11) is 0. The fourth-order valence-electron chi connectivity index (χ4n) is 3.09. The molecule has 1 aromatic heterocycles. The predicted octanol–water partition coefficient (Wildman–Crippen LogP) is 4.96. The van der Waals surface area contributed by atoms with Gasteiger partial charge in [-0.25, -0.2) is 4.79 Å². The maximum atomic E-state index is 12.5. The van der Waals surface area contributed by atoms with Gasteiger partial charge in [-0.15, -0.1) is 0 Å². The Balaban J connectivity index is 1.99. The second-order valence-electron chi connectivity index (χ2n) is 6.92. The minimum absolute atomic E-state index is 0.0183. The largest absolute Gasteiger partial charge is 0.444 e. The zero-order valence-corrected chi connectivity index (χ0v) is 14.4. The maximum absolute atomic E-state index is 12.5. The molecule has 0 N–H and O–H groups in total. The van der Waals surface area contributed by atoms with Crippen molar-refractivity contribution < 1.29 is 9.53 Å². The molecular formula is C18H21ClN2O2. The van der Waals surface area contributed by atoms with Gasteiger partial charge in [0.2, 0.25) is 0 Å². The molecule has 1 atom stereocenters. The third kappa shape index (κ3) is 3.42. The standard InChI is InChI=1S/C18H21ClN2O2/c1-18(2,3)23-17(22)21-8-4-5-16(21)14-10-13(19)9-12-6-7-20-11-15(12)14/h6-7,9-11,16H,4-5,8H2,1-3H3/t16-/m0/s1. The summed E-state index contributed by atoms with van der Waals surface area (Å²) in [6.07, 6.45) is 5.19. The van der Waals surface area contributed by atoms with Crippen LogP contribution in [0.3, 0.4) is 0 Å². The summed E-state index contributed by atoms with van der Waals surface area (Å²) in [6, 6.07) is 5.79. The first-order chi connectivity index (χ1) is 10.8. The molecule has 1 amide bonds. The summed E-state index contributed by atoms with van der Waals surface area (Å²) in [6.45, 7) is 6.35. The lowest BCUT2D eigenvalue weighted by Crippen LogP contribution is -2.36. The van der Waals surface area contributed by atoms with Gasteiger partial charge in [0.15, 0.2) is 0 Å². The number of carbonyl (C=O) groups excluding carboxylic acids is 1. The van der Waals surface area contributed by atoms with Gasteiger partial charge in [0.1, 0.15) is 5.60 Å². The molecule has 1 aromatic carbocycles. The van der Waals surface area contributed by atoms with Gasteiger partial charge >= 0.3 is 6.09 Å². The van der Waals surface area contributed by atoms with Crippen LogP contribution in [0.5, 0.6) is 0 Å². The SMILES string of the molecule is CC(C)(C)OC(=O)N1CCC[C@H]1c1cc(Cl)cc2ccncc12. The number of hydrogen-bond acceptors (Lipinski definition) is 3. The zero-order valence-electron chi connectivity index (χ0n) is 13.7. The first-order valence-electron chi connectivity index (χ1n) is 7.88. The number of halogens is 1. The van der Waals surface area contributed by atoms with E-state index in [4.69, 9.17) is 16.3 Å². The van der Waals surface area contributed by atoms with Gasteiger partial charge in [0.05, 0.1) is 6.04 Å². The highest BCUT2D eigenvalue weighted by Gasteiger charge is 2.34. The van der Waals surface area contributed by atoms with Crippen molar-refractivity contribution in [3.05, 3.63) is 41.2 Å². The van der Waals surface area contributed by atoms with Crippen molar-refractivity contribution in [3.8, 4) is 0 Å². The van der Waals surface area contributed by atoms with E-state index in [1.807, 2.05) is 50.1 Å². The summed E-state index contributed by atoms with van der Waals surface area (Å²) >= 11 is 6.28. The fraction of sp³-hybridized carbons (Fsp3) is 0.444. The minimum atomic E-state index is -0.498. The van der Waals surface area contributed by atoms with Crippen molar-refractivity contribution in [3.63, 3.8) is 0 Å². The molecule has 4 nitrogen and oxygen atoms in total. The second kappa shape index (κ2) is 6.00. The van der Waals surface area contributed by atoms with E-state index in [0.717, 1.165) is 29.2 Å². The monoisotopic (exact) mass is 332 g/mol.